The van der Waals surface area contributed by atoms with E-state index in [1.54, 1.807) is 6.07 Å². The molecule has 1 unspecified atom stereocenters. The van der Waals surface area contributed by atoms with Gasteiger partial charge >= 0.3 is 0 Å². The second-order valence-corrected chi connectivity index (χ2v) is 11.5. The molecule has 1 N–H and O–H groups in total. The van der Waals surface area contributed by atoms with Gasteiger partial charge in [-0.15, -0.1) is 0 Å². The molecule has 1 spiro atoms. The predicted octanol–water partition coefficient (Wildman–Crippen LogP) is 5.47. The number of nitrogens with one attached hydrogen (secondary N) is 1. The first-order chi connectivity index (χ1) is 15.5. The van der Waals surface area contributed by atoms with Gasteiger partial charge in [-0.3, -0.25) is 4.72 Å². The van der Waals surface area contributed by atoms with E-state index in [0.717, 1.165) is 28.0 Å². The summed E-state index contributed by atoms with van der Waals surface area (Å²) in [5.74, 6) is 0.799. The standard InChI is InChI=1S/C27H30N2O3S/c1-17-13-18(2)25(19(3)14-17)33(30,31)28-21-11-12-24-20(15-21)16-27(32-24)26(4,5)22-9-7-8-10-23(22)29(27)6/h7-15,28H,16H2,1-6H3. The number of fused-ring (bicyclic) bond motifs is 2. The Kier molecular flexibility index (Phi) is 4.63. The van der Waals surface area contributed by atoms with Crippen molar-refractivity contribution in [2.75, 3.05) is 16.7 Å². The van der Waals surface area contributed by atoms with Crippen LogP contribution in [-0.4, -0.2) is 21.2 Å². The van der Waals surface area contributed by atoms with E-state index < -0.39 is 15.7 Å². The molecule has 172 valence electrons. The molecular weight excluding hydrogens is 432 g/mol. The maximum Gasteiger partial charge on any atom is 0.262 e. The van der Waals surface area contributed by atoms with Crippen molar-refractivity contribution in [1.82, 2.24) is 0 Å². The van der Waals surface area contributed by atoms with Crippen molar-refractivity contribution in [2.45, 2.75) is 57.1 Å². The highest BCUT2D eigenvalue weighted by Gasteiger charge is 2.60. The zero-order valence-electron chi connectivity index (χ0n) is 20.0. The Morgan fingerprint density at radius 1 is 0.970 bits per heavy atom. The van der Waals surface area contributed by atoms with Gasteiger partial charge in [0.2, 0.25) is 0 Å². The van der Waals surface area contributed by atoms with Crippen molar-refractivity contribution in [3.05, 3.63) is 82.4 Å². The van der Waals surface area contributed by atoms with Crippen LogP contribution in [0.1, 0.15) is 41.7 Å². The van der Waals surface area contributed by atoms with Crippen molar-refractivity contribution in [3.63, 3.8) is 0 Å². The van der Waals surface area contributed by atoms with Crippen LogP contribution >= 0.6 is 0 Å². The average molecular weight is 463 g/mol. The first kappa shape index (κ1) is 21.8. The molecule has 33 heavy (non-hydrogen) atoms. The maximum absolute atomic E-state index is 13.3. The molecule has 6 heteroatoms. The number of ether oxygens (including phenoxy) is 1. The molecule has 5 rings (SSSR count). The van der Waals surface area contributed by atoms with E-state index >= 15 is 0 Å². The molecule has 0 bridgehead atoms. The Hall–Kier alpha value is -2.99. The Morgan fingerprint density at radius 3 is 2.30 bits per heavy atom. The van der Waals surface area contributed by atoms with Crippen molar-refractivity contribution in [2.24, 2.45) is 0 Å². The normalized spacial score (nSPS) is 20.5. The predicted molar refractivity (Wildman–Crippen MR) is 133 cm³/mol. The van der Waals surface area contributed by atoms with Crippen LogP contribution in [0.3, 0.4) is 0 Å². The average Bonchev–Trinajstić information content (AvgIpc) is 3.18. The summed E-state index contributed by atoms with van der Waals surface area (Å²) >= 11 is 0. The number of nitrogens with zero attached hydrogens (tertiary/aromatic N) is 1. The molecule has 0 fully saturated rings. The van der Waals surface area contributed by atoms with Crippen LogP contribution in [0.25, 0.3) is 0 Å². The zero-order chi connectivity index (χ0) is 23.8. The van der Waals surface area contributed by atoms with Gasteiger partial charge in [0.15, 0.2) is 5.72 Å². The number of sulfonamides is 1. The van der Waals surface area contributed by atoms with Gasteiger partial charge in [0.05, 0.1) is 10.3 Å². The van der Waals surface area contributed by atoms with Gasteiger partial charge in [-0.1, -0.05) is 35.9 Å². The number of para-hydroxylation sites is 1. The van der Waals surface area contributed by atoms with Gasteiger partial charge in [-0.05, 0) is 75.6 Å². The van der Waals surface area contributed by atoms with Crippen LogP contribution in [0.15, 0.2) is 59.5 Å². The van der Waals surface area contributed by atoms with Gasteiger partial charge in [-0.2, -0.15) is 0 Å². The molecule has 3 aromatic carbocycles. The number of hydrogen-bond donors (Lipinski definition) is 1. The Labute approximate surface area is 196 Å². The number of anilines is 2. The number of likely N-dealkylation sites (N-methyl/N-ethyl adjacent to an activating group) is 1. The topological polar surface area (TPSA) is 58.6 Å². The lowest BCUT2D eigenvalue weighted by molar-refractivity contribution is 0.0350. The van der Waals surface area contributed by atoms with Crippen LogP contribution in [-0.2, 0) is 21.9 Å². The third kappa shape index (κ3) is 3.07. The van der Waals surface area contributed by atoms with Crippen molar-refractivity contribution in [1.29, 1.82) is 0 Å². The third-order valence-electron chi connectivity index (χ3n) is 7.35. The van der Waals surface area contributed by atoms with Gasteiger partial charge in [-0.25, -0.2) is 8.42 Å². The molecule has 5 nitrogen and oxygen atoms in total. The summed E-state index contributed by atoms with van der Waals surface area (Å²) in [5, 5.41) is 0. The van der Waals surface area contributed by atoms with Crippen molar-refractivity contribution >= 4 is 21.4 Å². The lowest BCUT2D eigenvalue weighted by Crippen LogP contribution is -2.58. The Bertz CT molecular complexity index is 1370. The molecule has 2 heterocycles. The Morgan fingerprint density at radius 2 is 1.64 bits per heavy atom. The summed E-state index contributed by atoms with van der Waals surface area (Å²) < 4.78 is 35.9. The number of benzene rings is 3. The lowest BCUT2D eigenvalue weighted by Gasteiger charge is -2.42. The summed E-state index contributed by atoms with van der Waals surface area (Å²) in [4.78, 5) is 2.57. The van der Waals surface area contributed by atoms with Gasteiger partial charge < -0.3 is 9.64 Å². The summed E-state index contributed by atoms with van der Waals surface area (Å²) in [6, 6.07) is 17.8. The van der Waals surface area contributed by atoms with Crippen LogP contribution in [0.5, 0.6) is 5.75 Å². The minimum atomic E-state index is -3.71. The summed E-state index contributed by atoms with van der Waals surface area (Å²) in [6.07, 6.45) is 0.665. The number of rotatable bonds is 3. The minimum Gasteiger partial charge on any atom is -0.466 e. The molecular formula is C27H30N2O3S. The minimum absolute atomic E-state index is 0.243. The van der Waals surface area contributed by atoms with Crippen LogP contribution in [0.4, 0.5) is 11.4 Å². The SMILES string of the molecule is Cc1cc(C)c(S(=O)(=O)Nc2ccc3c(c2)CC2(O3)N(C)c3ccccc3C2(C)C)c(C)c1. The Balaban J connectivity index is 1.49. The number of aryl methyl sites for hydroxylation is 3. The van der Waals surface area contributed by atoms with Gasteiger partial charge in [0.25, 0.3) is 10.0 Å². The highest BCUT2D eigenvalue weighted by molar-refractivity contribution is 7.92. The smallest absolute Gasteiger partial charge is 0.262 e. The van der Waals surface area contributed by atoms with Crippen LogP contribution < -0.4 is 14.4 Å². The fraction of sp³-hybridized carbons (Fsp3) is 0.333. The summed E-state index contributed by atoms with van der Waals surface area (Å²) in [6.45, 7) is 10.1. The third-order valence-corrected chi connectivity index (χ3v) is 9.04. The molecule has 2 aliphatic rings. The quantitative estimate of drug-likeness (QED) is 0.561. The molecule has 0 saturated carbocycles. The molecule has 0 aliphatic carbocycles. The molecule has 0 amide bonds. The second kappa shape index (κ2) is 7.00. The molecule has 0 radical (unpaired) electrons. The van der Waals surface area contributed by atoms with E-state index in [4.69, 9.17) is 4.74 Å². The van der Waals surface area contributed by atoms with Gasteiger partial charge in [0.1, 0.15) is 5.75 Å². The van der Waals surface area contributed by atoms with Crippen molar-refractivity contribution in [3.8, 4) is 5.75 Å². The van der Waals surface area contributed by atoms with Crippen molar-refractivity contribution < 1.29 is 13.2 Å². The molecule has 3 aromatic rings. The molecule has 1 atom stereocenters. The van der Waals surface area contributed by atoms with E-state index in [2.05, 4.69) is 54.8 Å². The first-order valence-electron chi connectivity index (χ1n) is 11.2. The van der Waals surface area contributed by atoms with E-state index in [-0.39, 0.29) is 5.41 Å². The maximum atomic E-state index is 13.3. The van der Waals surface area contributed by atoms with E-state index in [0.29, 0.717) is 17.0 Å². The van der Waals surface area contributed by atoms with Crippen LogP contribution in [0.2, 0.25) is 0 Å². The summed E-state index contributed by atoms with van der Waals surface area (Å²) in [5.41, 5.74) is 5.71. The zero-order valence-corrected chi connectivity index (χ0v) is 20.8. The van der Waals surface area contributed by atoms with Gasteiger partial charge in [0, 0.05) is 30.4 Å². The molecule has 0 aromatic heterocycles. The highest BCUT2D eigenvalue weighted by atomic mass is 32.2. The summed E-state index contributed by atoms with van der Waals surface area (Å²) in [7, 11) is -1.64. The first-order valence-corrected chi connectivity index (χ1v) is 12.7. The van der Waals surface area contributed by atoms with E-state index in [9.17, 15) is 8.42 Å². The monoisotopic (exact) mass is 462 g/mol. The second-order valence-electron chi connectivity index (χ2n) is 9.92. The van der Waals surface area contributed by atoms with E-state index in [1.165, 1.54) is 11.3 Å². The fourth-order valence-corrected chi connectivity index (χ4v) is 7.31. The fourth-order valence-electron chi connectivity index (χ4n) is 5.81. The van der Waals surface area contributed by atoms with Crippen LogP contribution in [0, 0.1) is 20.8 Å². The molecule has 2 aliphatic heterocycles. The van der Waals surface area contributed by atoms with E-state index in [1.807, 2.05) is 45.0 Å². The number of hydrogen-bond acceptors (Lipinski definition) is 4. The lowest BCUT2D eigenvalue weighted by atomic mass is 9.76. The highest BCUT2D eigenvalue weighted by Crippen LogP contribution is 2.56. The molecule has 0 saturated heterocycles. The largest absolute Gasteiger partial charge is 0.466 e.